The third-order valence-electron chi connectivity index (χ3n) is 4.55. The third-order valence-corrected chi connectivity index (χ3v) is 5.82. The minimum Gasteiger partial charge on any atom is -0.357 e. The fraction of sp³-hybridized carbons (Fsp3) is 0.471. The third kappa shape index (κ3) is 4.45. The van der Waals surface area contributed by atoms with Crippen LogP contribution in [0.15, 0.2) is 29.1 Å². The van der Waals surface area contributed by atoms with E-state index in [0.717, 1.165) is 18.5 Å². The summed E-state index contributed by atoms with van der Waals surface area (Å²) >= 11 is 0. The average molecular weight is 367 g/mol. The van der Waals surface area contributed by atoms with E-state index in [-0.39, 0.29) is 11.3 Å². The fourth-order valence-corrected chi connectivity index (χ4v) is 4.22. The van der Waals surface area contributed by atoms with Crippen LogP contribution in [0.2, 0.25) is 0 Å². The van der Waals surface area contributed by atoms with Crippen LogP contribution < -0.4 is 10.7 Å². The standard InChI is InChI=1S/C17H22FN3O3S/c1-25(23,24)21-6-2-3-12(11-21)9-19-10-14-8-17(22)15-7-13(18)4-5-16(15)20-14/h4-5,7-8,12,19H,2-3,6,9-11H2,1H3,(H,20,22). The Kier molecular flexibility index (Phi) is 5.21. The Balaban J connectivity index is 1.61. The number of halogens is 1. The van der Waals surface area contributed by atoms with E-state index in [1.165, 1.54) is 28.8 Å². The molecule has 0 spiro atoms. The second-order valence-electron chi connectivity index (χ2n) is 6.61. The van der Waals surface area contributed by atoms with Gasteiger partial charge in [0.25, 0.3) is 0 Å². The van der Waals surface area contributed by atoms with Gasteiger partial charge in [-0.05, 0) is 43.5 Å². The van der Waals surface area contributed by atoms with Crippen LogP contribution in [0.5, 0.6) is 0 Å². The van der Waals surface area contributed by atoms with Crippen LogP contribution in [-0.4, -0.2) is 43.6 Å². The summed E-state index contributed by atoms with van der Waals surface area (Å²) in [6.07, 6.45) is 3.08. The molecule has 0 bridgehead atoms. The highest BCUT2D eigenvalue weighted by Crippen LogP contribution is 2.18. The Hall–Kier alpha value is -1.77. The summed E-state index contributed by atoms with van der Waals surface area (Å²) < 4.78 is 38.1. The van der Waals surface area contributed by atoms with Crippen molar-refractivity contribution < 1.29 is 12.8 Å². The molecule has 1 fully saturated rings. The summed E-state index contributed by atoms with van der Waals surface area (Å²) in [5.41, 5.74) is 1.11. The molecule has 136 valence electrons. The molecule has 1 aromatic carbocycles. The van der Waals surface area contributed by atoms with Crippen LogP contribution in [0.1, 0.15) is 18.5 Å². The second kappa shape index (κ2) is 7.23. The zero-order valence-corrected chi connectivity index (χ0v) is 14.9. The van der Waals surface area contributed by atoms with E-state index in [1.54, 1.807) is 6.07 Å². The van der Waals surface area contributed by atoms with Gasteiger partial charge in [0.2, 0.25) is 10.0 Å². The zero-order chi connectivity index (χ0) is 18.0. The van der Waals surface area contributed by atoms with Crippen molar-refractivity contribution >= 4 is 20.9 Å². The molecule has 6 nitrogen and oxygen atoms in total. The molecule has 3 rings (SSSR count). The average Bonchev–Trinajstić information content (AvgIpc) is 2.55. The number of aromatic nitrogens is 1. The van der Waals surface area contributed by atoms with E-state index in [0.29, 0.717) is 37.1 Å². The van der Waals surface area contributed by atoms with Gasteiger partial charge >= 0.3 is 0 Å². The lowest BCUT2D eigenvalue weighted by molar-refractivity contribution is 0.261. The monoisotopic (exact) mass is 367 g/mol. The fourth-order valence-electron chi connectivity index (χ4n) is 3.28. The summed E-state index contributed by atoms with van der Waals surface area (Å²) in [4.78, 5) is 15.2. The molecule has 1 atom stereocenters. The Bertz CT molecular complexity index is 926. The van der Waals surface area contributed by atoms with E-state index in [9.17, 15) is 17.6 Å². The first kappa shape index (κ1) is 18.0. The Morgan fingerprint density at radius 2 is 2.16 bits per heavy atom. The first-order valence-electron chi connectivity index (χ1n) is 8.30. The number of fused-ring (bicyclic) bond motifs is 1. The topological polar surface area (TPSA) is 82.3 Å². The summed E-state index contributed by atoms with van der Waals surface area (Å²) in [7, 11) is -3.14. The van der Waals surface area contributed by atoms with Gasteiger partial charge in [-0.25, -0.2) is 17.1 Å². The Morgan fingerprint density at radius 1 is 1.36 bits per heavy atom. The second-order valence-corrected chi connectivity index (χ2v) is 8.59. The molecule has 2 heterocycles. The highest BCUT2D eigenvalue weighted by Gasteiger charge is 2.25. The Labute approximate surface area is 146 Å². The molecule has 8 heteroatoms. The Morgan fingerprint density at radius 3 is 2.92 bits per heavy atom. The molecular formula is C17H22FN3O3S. The number of H-pyrrole nitrogens is 1. The van der Waals surface area contributed by atoms with Crippen molar-refractivity contribution in [1.82, 2.24) is 14.6 Å². The maximum absolute atomic E-state index is 13.2. The number of pyridine rings is 1. The molecular weight excluding hydrogens is 345 g/mol. The molecule has 2 aromatic rings. The highest BCUT2D eigenvalue weighted by atomic mass is 32.2. The molecule has 1 saturated heterocycles. The number of rotatable bonds is 5. The number of nitrogens with one attached hydrogen (secondary N) is 2. The lowest BCUT2D eigenvalue weighted by Crippen LogP contribution is -2.42. The molecule has 0 amide bonds. The van der Waals surface area contributed by atoms with Crippen molar-refractivity contribution in [3.63, 3.8) is 0 Å². The van der Waals surface area contributed by atoms with Gasteiger partial charge < -0.3 is 10.3 Å². The smallest absolute Gasteiger partial charge is 0.211 e. The van der Waals surface area contributed by atoms with Crippen molar-refractivity contribution in [2.24, 2.45) is 5.92 Å². The first-order chi connectivity index (χ1) is 11.8. The summed E-state index contributed by atoms with van der Waals surface area (Å²) in [5, 5.41) is 3.61. The molecule has 0 radical (unpaired) electrons. The normalized spacial score (nSPS) is 19.4. The molecule has 1 aliphatic heterocycles. The number of aromatic amines is 1. The molecule has 2 N–H and O–H groups in total. The predicted octanol–water partition coefficient (Wildman–Crippen LogP) is 1.43. The number of nitrogens with zero attached hydrogens (tertiary/aromatic N) is 1. The number of hydrogen-bond acceptors (Lipinski definition) is 4. The minimum absolute atomic E-state index is 0.217. The van der Waals surface area contributed by atoms with Gasteiger partial charge in [0.05, 0.1) is 6.26 Å². The first-order valence-corrected chi connectivity index (χ1v) is 10.1. The molecule has 1 aliphatic rings. The van der Waals surface area contributed by atoms with Gasteiger partial charge in [-0.3, -0.25) is 4.79 Å². The number of hydrogen-bond donors (Lipinski definition) is 2. The summed E-state index contributed by atoms with van der Waals surface area (Å²) in [5.74, 6) is -0.179. The van der Waals surface area contributed by atoms with Gasteiger partial charge in [-0.1, -0.05) is 0 Å². The van der Waals surface area contributed by atoms with E-state index in [1.807, 2.05) is 0 Å². The zero-order valence-electron chi connectivity index (χ0n) is 14.1. The molecule has 1 unspecified atom stereocenters. The molecule has 0 aliphatic carbocycles. The van der Waals surface area contributed by atoms with Crippen LogP contribution in [-0.2, 0) is 16.6 Å². The summed E-state index contributed by atoms with van der Waals surface area (Å²) in [6, 6.07) is 5.57. The van der Waals surface area contributed by atoms with Crippen LogP contribution >= 0.6 is 0 Å². The lowest BCUT2D eigenvalue weighted by atomic mass is 10.00. The van der Waals surface area contributed by atoms with Crippen LogP contribution in [0.4, 0.5) is 4.39 Å². The van der Waals surface area contributed by atoms with E-state index in [4.69, 9.17) is 0 Å². The molecule has 25 heavy (non-hydrogen) atoms. The largest absolute Gasteiger partial charge is 0.357 e. The SMILES string of the molecule is CS(=O)(=O)N1CCCC(CNCc2cc(=O)c3cc(F)ccc3[nH]2)C1. The lowest BCUT2D eigenvalue weighted by Gasteiger charge is -2.31. The summed E-state index contributed by atoms with van der Waals surface area (Å²) in [6.45, 7) is 2.26. The van der Waals surface area contributed by atoms with E-state index < -0.39 is 15.8 Å². The minimum atomic E-state index is -3.14. The van der Waals surface area contributed by atoms with Crippen LogP contribution in [0, 0.1) is 11.7 Å². The molecule has 0 saturated carbocycles. The van der Waals surface area contributed by atoms with Gasteiger partial charge in [0.1, 0.15) is 5.82 Å². The number of sulfonamides is 1. The van der Waals surface area contributed by atoms with Gasteiger partial charge in [0, 0.05) is 42.3 Å². The predicted molar refractivity (Wildman–Crippen MR) is 95.4 cm³/mol. The molecule has 1 aromatic heterocycles. The van der Waals surface area contributed by atoms with E-state index >= 15 is 0 Å². The van der Waals surface area contributed by atoms with Crippen LogP contribution in [0.3, 0.4) is 0 Å². The van der Waals surface area contributed by atoms with Gasteiger partial charge in [0.15, 0.2) is 5.43 Å². The van der Waals surface area contributed by atoms with Crippen molar-refractivity contribution in [3.05, 3.63) is 46.0 Å². The quantitative estimate of drug-likeness (QED) is 0.838. The van der Waals surface area contributed by atoms with Crippen molar-refractivity contribution in [2.45, 2.75) is 19.4 Å². The van der Waals surface area contributed by atoms with Crippen molar-refractivity contribution in [3.8, 4) is 0 Å². The maximum Gasteiger partial charge on any atom is 0.211 e. The number of piperidine rings is 1. The van der Waals surface area contributed by atoms with E-state index in [2.05, 4.69) is 10.3 Å². The van der Waals surface area contributed by atoms with Crippen molar-refractivity contribution in [1.29, 1.82) is 0 Å². The van der Waals surface area contributed by atoms with Crippen molar-refractivity contribution in [2.75, 3.05) is 25.9 Å². The van der Waals surface area contributed by atoms with Gasteiger partial charge in [-0.15, -0.1) is 0 Å². The maximum atomic E-state index is 13.2. The van der Waals surface area contributed by atoms with Gasteiger partial charge in [-0.2, -0.15) is 0 Å². The van der Waals surface area contributed by atoms with Crippen LogP contribution in [0.25, 0.3) is 10.9 Å². The number of benzene rings is 1. The highest BCUT2D eigenvalue weighted by molar-refractivity contribution is 7.88.